The number of furan rings is 1. The fourth-order valence-electron chi connectivity index (χ4n) is 4.45. The van der Waals surface area contributed by atoms with Gasteiger partial charge in [-0.3, -0.25) is 0 Å². The summed E-state index contributed by atoms with van der Waals surface area (Å²) in [6, 6.07) is 37.7. The molecular formula is C30H18BrClO. The Bertz CT molecular complexity index is 1650. The molecule has 5 aromatic carbocycles. The van der Waals surface area contributed by atoms with Gasteiger partial charge in [0.1, 0.15) is 11.2 Å². The van der Waals surface area contributed by atoms with Crippen molar-refractivity contribution in [1.29, 1.82) is 0 Å². The smallest absolute Gasteiger partial charge is 0.136 e. The summed E-state index contributed by atoms with van der Waals surface area (Å²) in [7, 11) is 0. The van der Waals surface area contributed by atoms with Crippen LogP contribution in [0.1, 0.15) is 0 Å². The third-order valence-electron chi connectivity index (χ3n) is 5.99. The Balaban J connectivity index is 1.48. The topological polar surface area (TPSA) is 13.1 Å². The molecule has 158 valence electrons. The molecule has 0 saturated heterocycles. The molecule has 0 atom stereocenters. The Hall–Kier alpha value is -3.33. The predicted octanol–water partition coefficient (Wildman–Crippen LogP) is 10.0. The maximum Gasteiger partial charge on any atom is 0.136 e. The summed E-state index contributed by atoms with van der Waals surface area (Å²) in [4.78, 5) is 0. The second-order valence-corrected chi connectivity index (χ2v) is 9.45. The van der Waals surface area contributed by atoms with Crippen LogP contribution in [0.4, 0.5) is 0 Å². The number of halogens is 2. The maximum atomic E-state index is 6.22. The zero-order valence-electron chi connectivity index (χ0n) is 17.6. The number of hydrogen-bond donors (Lipinski definition) is 0. The Morgan fingerprint density at radius 2 is 1.15 bits per heavy atom. The van der Waals surface area contributed by atoms with Crippen LogP contribution >= 0.6 is 27.5 Å². The van der Waals surface area contributed by atoms with Crippen LogP contribution in [0.2, 0.25) is 5.02 Å². The molecule has 6 aromatic rings. The minimum atomic E-state index is 0.743. The molecule has 0 aliphatic rings. The average Bonchev–Trinajstić information content (AvgIpc) is 3.22. The molecule has 3 heteroatoms. The maximum absolute atomic E-state index is 6.22. The molecule has 0 unspecified atom stereocenters. The first-order valence-electron chi connectivity index (χ1n) is 10.7. The number of fused-ring (bicyclic) bond motifs is 3. The number of rotatable bonds is 3. The number of hydrogen-bond acceptors (Lipinski definition) is 1. The van der Waals surface area contributed by atoms with Crippen molar-refractivity contribution >= 4 is 49.5 Å². The molecule has 0 aliphatic carbocycles. The fourth-order valence-corrected chi connectivity index (χ4v) is 4.98. The lowest BCUT2D eigenvalue weighted by Crippen LogP contribution is -1.84. The van der Waals surface area contributed by atoms with E-state index in [1.54, 1.807) is 0 Å². The van der Waals surface area contributed by atoms with Crippen molar-refractivity contribution in [1.82, 2.24) is 0 Å². The highest BCUT2D eigenvalue weighted by Crippen LogP contribution is 2.38. The Morgan fingerprint density at radius 3 is 1.88 bits per heavy atom. The zero-order valence-corrected chi connectivity index (χ0v) is 19.9. The van der Waals surface area contributed by atoms with Crippen LogP contribution in [0.3, 0.4) is 0 Å². The normalized spacial score (nSPS) is 11.3. The van der Waals surface area contributed by atoms with Crippen molar-refractivity contribution in [3.05, 3.63) is 119 Å². The molecule has 1 heterocycles. The summed E-state index contributed by atoms with van der Waals surface area (Å²) in [5, 5.41) is 3.01. The van der Waals surface area contributed by atoms with Crippen LogP contribution in [0.15, 0.2) is 118 Å². The molecule has 33 heavy (non-hydrogen) atoms. The summed E-state index contributed by atoms with van der Waals surface area (Å²) >= 11 is 9.77. The van der Waals surface area contributed by atoms with Gasteiger partial charge in [-0.15, -0.1) is 0 Å². The molecular weight excluding hydrogens is 492 g/mol. The highest BCUT2D eigenvalue weighted by atomic mass is 79.9. The predicted molar refractivity (Wildman–Crippen MR) is 143 cm³/mol. The molecule has 0 amide bonds. The summed E-state index contributed by atoms with van der Waals surface area (Å²) in [5.41, 5.74) is 8.71. The van der Waals surface area contributed by atoms with Crippen LogP contribution in [0, 0.1) is 0 Å². The molecule has 1 aromatic heterocycles. The van der Waals surface area contributed by atoms with E-state index in [0.717, 1.165) is 48.1 Å². The number of benzene rings is 5. The Morgan fingerprint density at radius 1 is 0.545 bits per heavy atom. The van der Waals surface area contributed by atoms with E-state index in [2.05, 4.69) is 94.8 Å². The first-order valence-corrected chi connectivity index (χ1v) is 11.9. The second kappa shape index (κ2) is 8.22. The van der Waals surface area contributed by atoms with Gasteiger partial charge in [0.25, 0.3) is 0 Å². The largest absolute Gasteiger partial charge is 0.456 e. The minimum Gasteiger partial charge on any atom is -0.456 e. The van der Waals surface area contributed by atoms with E-state index in [0.29, 0.717) is 0 Å². The van der Waals surface area contributed by atoms with Crippen molar-refractivity contribution in [2.75, 3.05) is 0 Å². The molecule has 0 aliphatic heterocycles. The van der Waals surface area contributed by atoms with Crippen LogP contribution in [-0.2, 0) is 0 Å². The van der Waals surface area contributed by atoms with Crippen molar-refractivity contribution in [3.8, 4) is 33.4 Å². The van der Waals surface area contributed by atoms with E-state index < -0.39 is 0 Å². The van der Waals surface area contributed by atoms with Crippen LogP contribution in [-0.4, -0.2) is 0 Å². The molecule has 0 fully saturated rings. The molecule has 0 spiro atoms. The van der Waals surface area contributed by atoms with Crippen LogP contribution in [0.5, 0.6) is 0 Å². The third-order valence-corrected chi connectivity index (χ3v) is 6.71. The zero-order chi connectivity index (χ0) is 22.4. The molecule has 1 nitrogen and oxygen atoms in total. The second-order valence-electron chi connectivity index (χ2n) is 8.09. The van der Waals surface area contributed by atoms with E-state index in [1.807, 2.05) is 30.3 Å². The van der Waals surface area contributed by atoms with E-state index in [1.165, 1.54) is 16.7 Å². The molecule has 0 saturated carbocycles. The van der Waals surface area contributed by atoms with Gasteiger partial charge < -0.3 is 4.42 Å². The van der Waals surface area contributed by atoms with Gasteiger partial charge in [0.15, 0.2) is 0 Å². The summed E-state index contributed by atoms with van der Waals surface area (Å²) < 4.78 is 7.16. The molecule has 0 radical (unpaired) electrons. The first kappa shape index (κ1) is 20.3. The van der Waals surface area contributed by atoms with E-state index in [4.69, 9.17) is 16.0 Å². The van der Waals surface area contributed by atoms with Gasteiger partial charge in [0, 0.05) is 20.3 Å². The first-order chi connectivity index (χ1) is 16.2. The third kappa shape index (κ3) is 3.76. The Labute approximate surface area is 205 Å². The van der Waals surface area contributed by atoms with E-state index >= 15 is 0 Å². The summed E-state index contributed by atoms with van der Waals surface area (Å²) in [5.74, 6) is 0. The van der Waals surface area contributed by atoms with Gasteiger partial charge in [-0.25, -0.2) is 0 Å². The Kier molecular flexibility index (Phi) is 5.05. The van der Waals surface area contributed by atoms with Gasteiger partial charge in [-0.05, 0) is 81.9 Å². The lowest BCUT2D eigenvalue weighted by atomic mass is 9.94. The van der Waals surface area contributed by atoms with Gasteiger partial charge in [0.05, 0.1) is 0 Å². The fraction of sp³-hybridized carbons (Fsp3) is 0. The van der Waals surface area contributed by atoms with Crippen molar-refractivity contribution in [2.24, 2.45) is 0 Å². The SMILES string of the molecule is Clc1cccc(-c2cccc(-c3cccc(-c4cccc5oc6cc(Br)ccc6c45)c3)c2)c1. The minimum absolute atomic E-state index is 0.743. The van der Waals surface area contributed by atoms with Crippen LogP contribution in [0.25, 0.3) is 55.3 Å². The van der Waals surface area contributed by atoms with Gasteiger partial charge >= 0.3 is 0 Å². The highest BCUT2D eigenvalue weighted by molar-refractivity contribution is 9.10. The lowest BCUT2D eigenvalue weighted by molar-refractivity contribution is 0.669. The average molecular weight is 510 g/mol. The van der Waals surface area contributed by atoms with Gasteiger partial charge in [-0.1, -0.05) is 88.2 Å². The van der Waals surface area contributed by atoms with Crippen molar-refractivity contribution in [2.45, 2.75) is 0 Å². The summed E-state index contributed by atoms with van der Waals surface area (Å²) in [6.07, 6.45) is 0. The standard InChI is InChI=1S/C30H18BrClO/c31-24-13-14-27-29(18-24)33-28-12-4-11-26(30(27)28)23-9-2-7-21(16-23)19-5-1-6-20(15-19)22-8-3-10-25(32)17-22/h1-18H. The monoisotopic (exact) mass is 508 g/mol. The highest BCUT2D eigenvalue weighted by Gasteiger charge is 2.13. The molecule has 0 bridgehead atoms. The van der Waals surface area contributed by atoms with Crippen LogP contribution < -0.4 is 0 Å². The molecule has 0 N–H and O–H groups in total. The quantitative estimate of drug-likeness (QED) is 0.231. The van der Waals surface area contributed by atoms with Crippen molar-refractivity contribution < 1.29 is 4.42 Å². The summed E-state index contributed by atoms with van der Waals surface area (Å²) in [6.45, 7) is 0. The molecule has 6 rings (SSSR count). The van der Waals surface area contributed by atoms with E-state index in [-0.39, 0.29) is 0 Å². The lowest BCUT2D eigenvalue weighted by Gasteiger charge is -2.09. The van der Waals surface area contributed by atoms with E-state index in [9.17, 15) is 0 Å². The van der Waals surface area contributed by atoms with Gasteiger partial charge in [-0.2, -0.15) is 0 Å². The van der Waals surface area contributed by atoms with Crippen molar-refractivity contribution in [3.63, 3.8) is 0 Å². The van der Waals surface area contributed by atoms with Gasteiger partial charge in [0.2, 0.25) is 0 Å².